The van der Waals surface area contributed by atoms with E-state index in [-0.39, 0.29) is 17.7 Å². The van der Waals surface area contributed by atoms with Crippen molar-refractivity contribution in [3.8, 4) is 5.75 Å². The van der Waals surface area contributed by atoms with Crippen LogP contribution in [-0.4, -0.2) is 11.9 Å². The molecule has 0 saturated heterocycles. The predicted molar refractivity (Wildman–Crippen MR) is 57.4 cm³/mol. The van der Waals surface area contributed by atoms with Gasteiger partial charge in [-0.2, -0.15) is 0 Å². The van der Waals surface area contributed by atoms with Gasteiger partial charge in [0.2, 0.25) is 0 Å². The number of rotatable bonds is 2. The quantitative estimate of drug-likeness (QED) is 0.827. The van der Waals surface area contributed by atoms with Crippen molar-refractivity contribution in [2.24, 2.45) is 0 Å². The van der Waals surface area contributed by atoms with E-state index in [1.165, 1.54) is 12.1 Å². The Bertz CT molecular complexity index is 392. The summed E-state index contributed by atoms with van der Waals surface area (Å²) in [6, 6.07) is 4.28. The van der Waals surface area contributed by atoms with Crippen LogP contribution < -0.4 is 4.74 Å². The predicted octanol–water partition coefficient (Wildman–Crippen LogP) is 3.09. The fraction of sp³-hybridized carbons (Fsp3) is 0.364. The van der Waals surface area contributed by atoms with Gasteiger partial charge in [0.25, 0.3) is 0 Å². The average molecular weight is 273 g/mol. The maximum Gasteiger partial charge on any atom is 0.136 e. The Labute approximate surface area is 95.6 Å². The first kappa shape index (κ1) is 10.6. The van der Waals surface area contributed by atoms with Crippen molar-refractivity contribution < 1.29 is 13.9 Å². The highest BCUT2D eigenvalue weighted by atomic mass is 79.9. The topological polar surface area (TPSA) is 26.3 Å². The molecule has 0 N–H and O–H groups in total. The van der Waals surface area contributed by atoms with E-state index in [0.29, 0.717) is 23.1 Å². The van der Waals surface area contributed by atoms with Crippen molar-refractivity contribution in [1.29, 1.82) is 0 Å². The summed E-state index contributed by atoms with van der Waals surface area (Å²) in [7, 11) is 0. The third-order valence-electron chi connectivity index (χ3n) is 2.39. The van der Waals surface area contributed by atoms with Crippen molar-refractivity contribution in [3.05, 3.63) is 28.5 Å². The number of ether oxygens (including phenoxy) is 1. The molecule has 0 aromatic heterocycles. The van der Waals surface area contributed by atoms with Gasteiger partial charge >= 0.3 is 0 Å². The summed E-state index contributed by atoms with van der Waals surface area (Å²) >= 11 is 3.28. The molecule has 0 amide bonds. The second-order valence-corrected chi connectivity index (χ2v) is 4.45. The van der Waals surface area contributed by atoms with Crippen LogP contribution in [0.4, 0.5) is 4.39 Å². The molecule has 1 saturated carbocycles. The number of Topliss-reactive ketones (excluding diaryl/α,β-unsaturated/α-hetero) is 1. The first-order chi connectivity index (χ1) is 7.15. The highest BCUT2D eigenvalue weighted by Gasteiger charge is 2.24. The number of ketones is 1. The van der Waals surface area contributed by atoms with Crippen molar-refractivity contribution in [2.45, 2.75) is 25.4 Å². The largest absolute Gasteiger partial charge is 0.489 e. The molecular weight excluding hydrogens is 263 g/mol. The molecule has 2 rings (SSSR count). The Kier molecular flexibility index (Phi) is 3.05. The van der Waals surface area contributed by atoms with E-state index >= 15 is 0 Å². The molecule has 80 valence electrons. The van der Waals surface area contributed by atoms with Crippen LogP contribution in [0.25, 0.3) is 0 Å². The Morgan fingerprint density at radius 2 is 2.27 bits per heavy atom. The van der Waals surface area contributed by atoms with Crippen LogP contribution in [0.1, 0.15) is 19.3 Å². The summed E-state index contributed by atoms with van der Waals surface area (Å²) in [6.45, 7) is 0. The van der Waals surface area contributed by atoms with E-state index in [9.17, 15) is 9.18 Å². The molecule has 1 fully saturated rings. The second kappa shape index (κ2) is 4.31. The molecule has 0 aliphatic heterocycles. The third kappa shape index (κ3) is 2.56. The molecule has 2 nitrogen and oxygen atoms in total. The van der Waals surface area contributed by atoms with Crippen LogP contribution in [0.5, 0.6) is 5.75 Å². The molecule has 1 aromatic rings. The van der Waals surface area contributed by atoms with Crippen LogP contribution in [0.2, 0.25) is 0 Å². The molecule has 1 aliphatic rings. The maximum absolute atomic E-state index is 12.9. The molecule has 0 spiro atoms. The molecule has 0 bridgehead atoms. The summed E-state index contributed by atoms with van der Waals surface area (Å²) in [5.41, 5.74) is 0. The van der Waals surface area contributed by atoms with Gasteiger partial charge < -0.3 is 4.74 Å². The van der Waals surface area contributed by atoms with Crippen molar-refractivity contribution in [2.75, 3.05) is 0 Å². The molecule has 4 heteroatoms. The number of hydrogen-bond donors (Lipinski definition) is 0. The fourth-order valence-electron chi connectivity index (χ4n) is 1.63. The minimum atomic E-state index is -0.336. The molecule has 0 heterocycles. The van der Waals surface area contributed by atoms with E-state index < -0.39 is 0 Å². The van der Waals surface area contributed by atoms with E-state index in [2.05, 4.69) is 15.9 Å². The Morgan fingerprint density at radius 3 is 2.93 bits per heavy atom. The normalized spacial score (nSPS) is 20.7. The summed E-state index contributed by atoms with van der Waals surface area (Å²) in [6.07, 6.45) is 1.62. The fourth-order valence-corrected chi connectivity index (χ4v) is 1.97. The summed E-state index contributed by atoms with van der Waals surface area (Å²) in [5.74, 6) is 0.347. The van der Waals surface area contributed by atoms with Gasteiger partial charge in [0, 0.05) is 18.9 Å². The van der Waals surface area contributed by atoms with Gasteiger partial charge in [0.1, 0.15) is 23.5 Å². The molecule has 1 aromatic carbocycles. The lowest BCUT2D eigenvalue weighted by molar-refractivity contribution is -0.117. The highest BCUT2D eigenvalue weighted by molar-refractivity contribution is 9.10. The number of hydrogen-bond acceptors (Lipinski definition) is 2. The minimum Gasteiger partial charge on any atom is -0.489 e. The smallest absolute Gasteiger partial charge is 0.136 e. The Balaban J connectivity index is 2.10. The van der Waals surface area contributed by atoms with Gasteiger partial charge in [-0.3, -0.25) is 4.79 Å². The van der Waals surface area contributed by atoms with Crippen LogP contribution in [0.15, 0.2) is 22.7 Å². The number of halogens is 2. The van der Waals surface area contributed by atoms with Crippen molar-refractivity contribution in [3.63, 3.8) is 0 Å². The zero-order valence-corrected chi connectivity index (χ0v) is 9.59. The molecule has 15 heavy (non-hydrogen) atoms. The second-order valence-electron chi connectivity index (χ2n) is 3.60. The highest BCUT2D eigenvalue weighted by Crippen LogP contribution is 2.29. The molecule has 0 radical (unpaired) electrons. The molecular formula is C11H10BrFO2. The van der Waals surface area contributed by atoms with E-state index in [1.807, 2.05) is 0 Å². The van der Waals surface area contributed by atoms with Gasteiger partial charge in [-0.05, 0) is 34.5 Å². The summed E-state index contributed by atoms with van der Waals surface area (Å²) in [5, 5.41) is 0. The average Bonchev–Trinajstić information content (AvgIpc) is 2.58. The number of carbonyl (C=O) groups is 1. The molecule has 1 aliphatic carbocycles. The Hall–Kier alpha value is -0.900. The first-order valence-corrected chi connectivity index (χ1v) is 5.58. The Morgan fingerprint density at radius 1 is 1.47 bits per heavy atom. The maximum atomic E-state index is 12.9. The van der Waals surface area contributed by atoms with E-state index in [0.717, 1.165) is 6.42 Å². The zero-order valence-electron chi connectivity index (χ0n) is 8.00. The summed E-state index contributed by atoms with van der Waals surface area (Å²) < 4.78 is 19.2. The van der Waals surface area contributed by atoms with Gasteiger partial charge in [-0.15, -0.1) is 0 Å². The van der Waals surface area contributed by atoms with Crippen molar-refractivity contribution >= 4 is 21.7 Å². The monoisotopic (exact) mass is 272 g/mol. The first-order valence-electron chi connectivity index (χ1n) is 4.78. The molecule has 1 atom stereocenters. The standard InChI is InChI=1S/C11H10BrFO2/c12-10-4-1-7(13)5-11(10)15-9-3-2-8(14)6-9/h1,4-5,9H,2-3,6H2. The van der Waals surface area contributed by atoms with E-state index in [1.54, 1.807) is 6.07 Å². The minimum absolute atomic E-state index is 0.101. The van der Waals surface area contributed by atoms with Crippen LogP contribution in [-0.2, 0) is 4.79 Å². The molecule has 1 unspecified atom stereocenters. The van der Waals surface area contributed by atoms with Gasteiger partial charge in [-0.25, -0.2) is 4.39 Å². The van der Waals surface area contributed by atoms with Gasteiger partial charge in [0.05, 0.1) is 4.47 Å². The van der Waals surface area contributed by atoms with E-state index in [4.69, 9.17) is 4.74 Å². The third-order valence-corrected chi connectivity index (χ3v) is 3.04. The van der Waals surface area contributed by atoms with Crippen LogP contribution in [0.3, 0.4) is 0 Å². The number of carbonyl (C=O) groups excluding carboxylic acids is 1. The van der Waals surface area contributed by atoms with Crippen LogP contribution >= 0.6 is 15.9 Å². The zero-order chi connectivity index (χ0) is 10.8. The SMILES string of the molecule is O=C1CCC(Oc2cc(F)ccc2Br)C1. The number of benzene rings is 1. The van der Waals surface area contributed by atoms with Gasteiger partial charge in [0.15, 0.2) is 0 Å². The lowest BCUT2D eigenvalue weighted by atomic mass is 10.3. The lowest BCUT2D eigenvalue weighted by Crippen LogP contribution is -2.12. The summed E-state index contributed by atoms with van der Waals surface area (Å²) in [4.78, 5) is 11.0. The van der Waals surface area contributed by atoms with Crippen molar-refractivity contribution in [1.82, 2.24) is 0 Å². The lowest BCUT2D eigenvalue weighted by Gasteiger charge is -2.13. The van der Waals surface area contributed by atoms with Gasteiger partial charge in [-0.1, -0.05) is 0 Å². The van der Waals surface area contributed by atoms with Crippen LogP contribution in [0, 0.1) is 5.82 Å².